The normalized spacial score (nSPS) is 17.3. The summed E-state index contributed by atoms with van der Waals surface area (Å²) in [6, 6.07) is 32.4. The third-order valence-corrected chi connectivity index (χ3v) is 13.2. The van der Waals surface area contributed by atoms with Gasteiger partial charge in [-0.15, -0.1) is 0 Å². The van der Waals surface area contributed by atoms with E-state index in [9.17, 15) is 0 Å². The second-order valence-corrected chi connectivity index (χ2v) is 17.6. The number of nitrogens with one attached hydrogen (secondary N) is 1. The van der Waals surface area contributed by atoms with Crippen molar-refractivity contribution in [1.82, 2.24) is 10.2 Å². The van der Waals surface area contributed by atoms with Gasteiger partial charge in [-0.2, -0.15) is 0 Å². The van der Waals surface area contributed by atoms with Crippen molar-refractivity contribution in [3.05, 3.63) is 251 Å². The van der Waals surface area contributed by atoms with Gasteiger partial charge in [0, 0.05) is 53.6 Å². The number of nitrogens with zero attached hydrogens (tertiary/aromatic N) is 5. The topological polar surface area (TPSA) is 102 Å². The maximum absolute atomic E-state index is 6.32. The Kier molecular flexibility index (Phi) is 12.9. The van der Waals surface area contributed by atoms with E-state index in [1.54, 1.807) is 21.3 Å². The first kappa shape index (κ1) is 45.4. The Balaban J connectivity index is 0.943. The fourth-order valence-electron chi connectivity index (χ4n) is 9.40. The molecule has 4 aromatic carbocycles. The summed E-state index contributed by atoms with van der Waals surface area (Å²) in [5.74, 6) is 3.11. The van der Waals surface area contributed by atoms with Crippen LogP contribution in [0.1, 0.15) is 41.5 Å². The molecule has 11 rings (SSSR count). The van der Waals surface area contributed by atoms with Crippen molar-refractivity contribution in [3.8, 4) is 23.0 Å². The predicted octanol–water partition coefficient (Wildman–Crippen LogP) is 12.5. The third-order valence-electron chi connectivity index (χ3n) is 13.2. The first-order chi connectivity index (χ1) is 35.5. The molecule has 354 valence electrons. The lowest BCUT2D eigenvalue weighted by Gasteiger charge is -2.19. The minimum atomic E-state index is 0.633. The number of ether oxygens (including phenoxy) is 4. The second kappa shape index (κ2) is 20.5. The van der Waals surface area contributed by atoms with Crippen molar-refractivity contribution in [1.29, 1.82) is 0 Å². The van der Waals surface area contributed by atoms with Crippen LogP contribution >= 0.6 is 0 Å². The van der Waals surface area contributed by atoms with E-state index >= 15 is 0 Å². The molecule has 7 aliphatic rings. The standard InChI is InChI=1S/C62H52N6O4/c1-69-47-15-7-43(8-16-47)59-51-23-25-53(64-51)60(44-9-17-48(70-2)18-10-44)55-27-29-57(66-55)62(58-30-28-56(67-58)61(54-26-24-52(59)65-54)45-11-19-49(71-3)20-12-45)46-13-21-50(22-14-46)72-40-6-4-5-37-68-38-33-42(34-39-68)41-31-35-63-36-32-41/h7-36,38-39,63H,4-6,37,40H2,1-3H3. The smallest absolute Gasteiger partial charge is 0.119 e. The van der Waals surface area contributed by atoms with Gasteiger partial charge in [-0.3, -0.25) is 0 Å². The lowest BCUT2D eigenvalue weighted by atomic mass is 9.98. The van der Waals surface area contributed by atoms with Gasteiger partial charge in [-0.05, 0) is 174 Å². The minimum Gasteiger partial charge on any atom is -0.497 e. The number of fused-ring (bicyclic) bond motifs is 4. The molecule has 0 aliphatic carbocycles. The number of rotatable bonds is 14. The Hall–Kier alpha value is -9.02. The highest BCUT2D eigenvalue weighted by molar-refractivity contribution is 6.39. The van der Waals surface area contributed by atoms with Crippen LogP contribution in [0.25, 0.3) is 22.3 Å². The Labute approximate surface area is 420 Å². The summed E-state index contributed by atoms with van der Waals surface area (Å²) in [7, 11) is 5.02. The van der Waals surface area contributed by atoms with Crippen molar-refractivity contribution < 1.29 is 18.9 Å². The van der Waals surface area contributed by atoms with Gasteiger partial charge >= 0.3 is 0 Å². The zero-order valence-corrected chi connectivity index (χ0v) is 40.4. The molecule has 0 amide bonds. The zero-order valence-electron chi connectivity index (χ0n) is 40.4. The van der Waals surface area contributed by atoms with E-state index in [-0.39, 0.29) is 0 Å². The molecule has 10 heteroatoms. The van der Waals surface area contributed by atoms with Crippen LogP contribution in [0.4, 0.5) is 0 Å². The minimum absolute atomic E-state index is 0.633. The molecule has 0 fully saturated rings. The molecule has 8 bridgehead atoms. The maximum Gasteiger partial charge on any atom is 0.119 e. The van der Waals surface area contributed by atoms with Gasteiger partial charge in [0.15, 0.2) is 0 Å². The van der Waals surface area contributed by atoms with E-state index in [4.69, 9.17) is 38.9 Å². The molecule has 4 aromatic rings. The number of hydrogen-bond acceptors (Lipinski definition) is 10. The van der Waals surface area contributed by atoms with Crippen molar-refractivity contribution in [3.63, 3.8) is 0 Å². The lowest BCUT2D eigenvalue weighted by Crippen LogP contribution is -2.14. The van der Waals surface area contributed by atoms with Gasteiger partial charge in [0.05, 0.1) is 73.6 Å². The fourth-order valence-corrected chi connectivity index (χ4v) is 9.40. The molecular formula is C62H52N6O4. The molecule has 0 spiro atoms. The highest BCUT2D eigenvalue weighted by atomic mass is 16.5. The average molecular weight is 945 g/mol. The Morgan fingerprint density at radius 2 is 0.722 bits per heavy atom. The van der Waals surface area contributed by atoms with Crippen LogP contribution in [0.3, 0.4) is 0 Å². The monoisotopic (exact) mass is 944 g/mol. The summed E-state index contributed by atoms with van der Waals surface area (Å²) >= 11 is 0. The van der Waals surface area contributed by atoms with Crippen molar-refractivity contribution in [2.75, 3.05) is 34.5 Å². The molecule has 0 saturated carbocycles. The first-order valence-electron chi connectivity index (χ1n) is 24.2. The van der Waals surface area contributed by atoms with Crippen LogP contribution in [0, 0.1) is 0 Å². The number of methoxy groups -OCH3 is 3. The number of benzene rings is 4. The van der Waals surface area contributed by atoms with Crippen LogP contribution in [0.15, 0.2) is 249 Å². The summed E-state index contributed by atoms with van der Waals surface area (Å²) in [5, 5.41) is 3.09. The molecule has 72 heavy (non-hydrogen) atoms. The van der Waals surface area contributed by atoms with E-state index in [1.807, 2.05) is 60.9 Å². The van der Waals surface area contributed by atoms with Crippen LogP contribution < -0.4 is 24.3 Å². The van der Waals surface area contributed by atoms with Gasteiger partial charge in [-0.1, -0.05) is 48.5 Å². The molecule has 10 nitrogen and oxygen atoms in total. The predicted molar refractivity (Wildman–Crippen MR) is 292 cm³/mol. The summed E-state index contributed by atoms with van der Waals surface area (Å²) in [4.78, 5) is 23.9. The Morgan fingerprint density at radius 3 is 1.08 bits per heavy atom. The number of hydrogen-bond donors (Lipinski definition) is 1. The van der Waals surface area contributed by atoms with Gasteiger partial charge in [0.25, 0.3) is 0 Å². The van der Waals surface area contributed by atoms with Crippen LogP contribution in [0.2, 0.25) is 0 Å². The average Bonchev–Trinajstić information content (AvgIpc) is 4.30. The van der Waals surface area contributed by atoms with Gasteiger partial charge in [0.2, 0.25) is 0 Å². The van der Waals surface area contributed by atoms with Crippen LogP contribution in [-0.2, 0) is 0 Å². The molecule has 7 aliphatic heterocycles. The third kappa shape index (κ3) is 9.50. The van der Waals surface area contributed by atoms with Crippen molar-refractivity contribution in [2.24, 2.45) is 20.0 Å². The van der Waals surface area contributed by atoms with E-state index in [2.05, 4.69) is 144 Å². The number of aliphatic imine (C=N–C) groups is 4. The lowest BCUT2D eigenvalue weighted by molar-refractivity contribution is 0.302. The number of unbranched alkanes of at least 4 members (excludes halogenated alkanes) is 2. The summed E-state index contributed by atoms with van der Waals surface area (Å²) < 4.78 is 23.0. The Morgan fingerprint density at radius 1 is 0.375 bits per heavy atom. The second-order valence-electron chi connectivity index (χ2n) is 17.6. The SMILES string of the molecule is COc1ccc(C2=C3C=CC(=N3)C(c3ccc(OC)cc3)=C3C=CC(=N3)C(c3ccc(OCCCCCN4C=CC(=C5C=CNC=C5)C=C4)cc3)=C3C=CC(=N3)C(c3ccc(OC)cc3)=C3C=CC2=N3)cc1. The van der Waals surface area contributed by atoms with Gasteiger partial charge in [0.1, 0.15) is 23.0 Å². The molecule has 0 saturated heterocycles. The molecule has 0 aromatic heterocycles. The largest absolute Gasteiger partial charge is 0.497 e. The zero-order chi connectivity index (χ0) is 48.8. The highest BCUT2D eigenvalue weighted by Gasteiger charge is 2.28. The summed E-state index contributed by atoms with van der Waals surface area (Å²) in [6.07, 6.45) is 36.4. The van der Waals surface area contributed by atoms with Crippen LogP contribution in [-0.4, -0.2) is 62.2 Å². The molecule has 0 radical (unpaired) electrons. The van der Waals surface area contributed by atoms with Crippen molar-refractivity contribution in [2.45, 2.75) is 19.3 Å². The summed E-state index contributed by atoms with van der Waals surface area (Å²) in [6.45, 7) is 1.59. The Bertz CT molecular complexity index is 3300. The van der Waals surface area contributed by atoms with Gasteiger partial charge in [-0.25, -0.2) is 20.0 Å². The number of allylic oxidation sites excluding steroid dienone is 18. The van der Waals surface area contributed by atoms with E-state index < -0.39 is 0 Å². The van der Waals surface area contributed by atoms with Crippen molar-refractivity contribution >= 4 is 45.1 Å². The molecule has 0 unspecified atom stereocenters. The fraction of sp³-hybridized carbons (Fsp3) is 0.129. The van der Waals surface area contributed by atoms with E-state index in [0.717, 1.165) is 139 Å². The molecule has 7 heterocycles. The highest BCUT2D eigenvalue weighted by Crippen LogP contribution is 2.39. The van der Waals surface area contributed by atoms with E-state index in [0.29, 0.717) is 6.61 Å². The number of dihydropyridines is 1. The molecule has 0 atom stereocenters. The molecule has 1 N–H and O–H groups in total. The summed E-state index contributed by atoms with van der Waals surface area (Å²) in [5.41, 5.74) is 16.0. The van der Waals surface area contributed by atoms with Crippen LogP contribution in [0.5, 0.6) is 23.0 Å². The quantitative estimate of drug-likeness (QED) is 0.126. The maximum atomic E-state index is 6.32. The first-order valence-corrected chi connectivity index (χ1v) is 24.2. The molecular weight excluding hydrogens is 893 g/mol. The van der Waals surface area contributed by atoms with Gasteiger partial charge < -0.3 is 29.2 Å². The van der Waals surface area contributed by atoms with E-state index in [1.165, 1.54) is 11.1 Å².